The lowest BCUT2D eigenvalue weighted by atomic mass is 10.1. The average molecular weight is 546 g/mol. The summed E-state index contributed by atoms with van der Waals surface area (Å²) in [5, 5.41) is 25.5. The van der Waals surface area contributed by atoms with E-state index in [1.807, 2.05) is 13.0 Å². The number of aromatic nitrogens is 2. The van der Waals surface area contributed by atoms with Crippen LogP contribution in [-0.4, -0.2) is 106 Å². The summed E-state index contributed by atoms with van der Waals surface area (Å²) in [6, 6.07) is 9.34. The molecule has 2 atom stereocenters. The molecule has 1 aromatic carbocycles. The summed E-state index contributed by atoms with van der Waals surface area (Å²) in [5.74, 6) is -2.09. The molecule has 0 aliphatic carbocycles. The number of carbonyl (C=O) groups excluding carboxylic acids is 3. The quantitative estimate of drug-likeness (QED) is 0.355. The summed E-state index contributed by atoms with van der Waals surface area (Å²) in [4.78, 5) is 52.7. The number of amides is 3. The number of piperazine rings is 1. The zero-order valence-corrected chi connectivity index (χ0v) is 22.1. The van der Waals surface area contributed by atoms with Crippen LogP contribution in [0.4, 0.5) is 4.79 Å². The van der Waals surface area contributed by atoms with E-state index in [4.69, 9.17) is 9.47 Å². The molecule has 39 heavy (non-hydrogen) atoms. The van der Waals surface area contributed by atoms with Crippen LogP contribution in [0, 0.1) is 5.92 Å². The number of aliphatic hydroxyl groups is 1. The van der Waals surface area contributed by atoms with Crippen LogP contribution < -0.4 is 10.1 Å². The van der Waals surface area contributed by atoms with Crippen LogP contribution in [0.1, 0.15) is 37.2 Å². The Bertz CT molecular complexity index is 1130. The van der Waals surface area contributed by atoms with Crippen molar-refractivity contribution in [2.45, 2.75) is 32.7 Å². The topological polar surface area (TPSA) is 164 Å². The van der Waals surface area contributed by atoms with Gasteiger partial charge in [-0.2, -0.15) is 5.10 Å². The van der Waals surface area contributed by atoms with E-state index in [0.29, 0.717) is 5.69 Å². The van der Waals surface area contributed by atoms with Gasteiger partial charge in [-0.25, -0.2) is 9.48 Å². The Morgan fingerprint density at radius 3 is 2.36 bits per heavy atom. The molecule has 212 valence electrons. The smallest absolute Gasteiger partial charge is 0.409 e. The van der Waals surface area contributed by atoms with Gasteiger partial charge in [-0.15, -0.1) is 0 Å². The van der Waals surface area contributed by atoms with Crippen LogP contribution in [-0.2, 0) is 14.3 Å². The van der Waals surface area contributed by atoms with Gasteiger partial charge in [0.15, 0.2) is 5.69 Å². The molecule has 2 unspecified atom stereocenters. The van der Waals surface area contributed by atoms with Crippen LogP contribution in [0.2, 0.25) is 0 Å². The van der Waals surface area contributed by atoms with Gasteiger partial charge >= 0.3 is 12.1 Å². The first-order valence-electron chi connectivity index (χ1n) is 12.9. The summed E-state index contributed by atoms with van der Waals surface area (Å²) in [6.45, 7) is 4.85. The van der Waals surface area contributed by atoms with Crippen LogP contribution in [0.5, 0.6) is 5.88 Å². The molecular weight excluding hydrogens is 510 g/mol. The number of benzene rings is 1. The maximum absolute atomic E-state index is 13.3. The first kappa shape index (κ1) is 29.4. The van der Waals surface area contributed by atoms with E-state index in [2.05, 4.69) is 10.4 Å². The fourth-order valence-corrected chi connectivity index (χ4v) is 3.91. The molecule has 0 spiro atoms. The molecule has 1 fully saturated rings. The Labute approximate surface area is 226 Å². The molecule has 1 aliphatic heterocycles. The number of carbonyl (C=O) groups is 4. The third-order valence-electron chi connectivity index (χ3n) is 6.11. The molecule has 0 saturated carbocycles. The molecule has 1 saturated heterocycles. The van der Waals surface area contributed by atoms with Gasteiger partial charge in [0.05, 0.1) is 18.9 Å². The van der Waals surface area contributed by atoms with Gasteiger partial charge in [0, 0.05) is 51.2 Å². The molecule has 3 amide bonds. The lowest BCUT2D eigenvalue weighted by molar-refractivity contribution is -0.138. The fraction of sp³-hybridized carbons (Fsp3) is 0.500. The molecule has 13 heteroatoms. The van der Waals surface area contributed by atoms with Crippen molar-refractivity contribution in [3.05, 3.63) is 42.1 Å². The van der Waals surface area contributed by atoms with Gasteiger partial charge < -0.3 is 34.8 Å². The first-order valence-corrected chi connectivity index (χ1v) is 12.9. The Morgan fingerprint density at radius 1 is 1.08 bits per heavy atom. The lowest BCUT2D eigenvalue weighted by Gasteiger charge is -2.35. The first-order chi connectivity index (χ1) is 18.7. The van der Waals surface area contributed by atoms with Crippen LogP contribution in [0.25, 0.3) is 5.69 Å². The van der Waals surface area contributed by atoms with Crippen molar-refractivity contribution in [2.75, 3.05) is 46.0 Å². The standard InChI is InChI=1S/C26H35N5O8/c1-3-38-26(37)30-13-11-29(12-14-30)25(36)20(9-10-23(33)34)27-24(35)21-15-22(39-17-18(2)16-32)31(28-21)19-7-5-4-6-8-19/h4-8,15,18,20,32H,3,9-14,16-17H2,1-2H3,(H,27,35)(H,33,34). The number of carboxylic acids is 1. The largest absolute Gasteiger partial charge is 0.481 e. The minimum absolute atomic E-state index is 0.0224. The number of nitrogens with one attached hydrogen (secondary N) is 1. The van der Waals surface area contributed by atoms with Crippen molar-refractivity contribution in [3.63, 3.8) is 0 Å². The molecule has 2 aromatic rings. The molecular formula is C26H35N5O8. The number of para-hydroxylation sites is 1. The third kappa shape index (κ3) is 8.18. The predicted molar refractivity (Wildman–Crippen MR) is 139 cm³/mol. The van der Waals surface area contributed by atoms with Gasteiger partial charge in [-0.3, -0.25) is 14.4 Å². The Morgan fingerprint density at radius 2 is 1.74 bits per heavy atom. The van der Waals surface area contributed by atoms with E-state index in [0.717, 1.165) is 0 Å². The molecule has 1 aliphatic rings. The Hall–Kier alpha value is -4.13. The number of aliphatic hydroxyl groups excluding tert-OH is 1. The number of rotatable bonds is 12. The second-order valence-corrected chi connectivity index (χ2v) is 9.18. The molecule has 1 aromatic heterocycles. The van der Waals surface area contributed by atoms with E-state index in [1.54, 1.807) is 31.2 Å². The monoisotopic (exact) mass is 545 g/mol. The van der Waals surface area contributed by atoms with Gasteiger partial charge in [0.2, 0.25) is 11.8 Å². The summed E-state index contributed by atoms with van der Waals surface area (Å²) in [6.07, 6.45) is -0.902. The highest BCUT2D eigenvalue weighted by molar-refractivity contribution is 5.96. The predicted octanol–water partition coefficient (Wildman–Crippen LogP) is 1.14. The van der Waals surface area contributed by atoms with Gasteiger partial charge in [0.25, 0.3) is 5.91 Å². The van der Waals surface area contributed by atoms with Crippen molar-refractivity contribution in [3.8, 4) is 11.6 Å². The summed E-state index contributed by atoms with van der Waals surface area (Å²) in [7, 11) is 0. The van der Waals surface area contributed by atoms with Crippen molar-refractivity contribution in [1.82, 2.24) is 24.9 Å². The second-order valence-electron chi connectivity index (χ2n) is 9.18. The molecule has 3 rings (SSSR count). The van der Waals surface area contributed by atoms with Crippen molar-refractivity contribution >= 4 is 23.9 Å². The number of ether oxygens (including phenoxy) is 2. The maximum Gasteiger partial charge on any atom is 0.409 e. The summed E-state index contributed by atoms with van der Waals surface area (Å²) >= 11 is 0. The summed E-state index contributed by atoms with van der Waals surface area (Å²) in [5.41, 5.74) is 0.618. The van der Waals surface area contributed by atoms with Gasteiger partial charge in [-0.1, -0.05) is 25.1 Å². The third-order valence-corrected chi connectivity index (χ3v) is 6.11. The van der Waals surface area contributed by atoms with Crippen molar-refractivity contribution < 1.29 is 38.9 Å². The zero-order valence-electron chi connectivity index (χ0n) is 22.1. The normalized spacial score (nSPS) is 14.8. The van der Waals surface area contributed by atoms with Gasteiger partial charge in [-0.05, 0) is 25.5 Å². The molecule has 3 N–H and O–H groups in total. The van der Waals surface area contributed by atoms with Crippen LogP contribution in [0.3, 0.4) is 0 Å². The van der Waals surface area contributed by atoms with E-state index in [-0.39, 0.29) is 76.3 Å². The SMILES string of the molecule is CCOC(=O)N1CCN(C(=O)C(CCC(=O)O)NC(=O)c2cc(OCC(C)CO)n(-c3ccccc3)n2)CC1. The number of hydrogen-bond acceptors (Lipinski definition) is 8. The van der Waals surface area contributed by atoms with E-state index >= 15 is 0 Å². The molecule has 0 bridgehead atoms. The van der Waals surface area contributed by atoms with Crippen LogP contribution in [0.15, 0.2) is 36.4 Å². The Kier molecular flexibility index (Phi) is 10.7. The zero-order chi connectivity index (χ0) is 28.4. The highest BCUT2D eigenvalue weighted by Crippen LogP contribution is 2.21. The second kappa shape index (κ2) is 14.1. The number of carboxylic acid groups (broad SMARTS) is 1. The van der Waals surface area contributed by atoms with Gasteiger partial charge in [0.1, 0.15) is 6.04 Å². The number of nitrogens with zero attached hydrogens (tertiary/aromatic N) is 4. The molecule has 2 heterocycles. The summed E-state index contributed by atoms with van der Waals surface area (Å²) < 4.78 is 12.3. The lowest BCUT2D eigenvalue weighted by Crippen LogP contribution is -2.56. The average Bonchev–Trinajstić information content (AvgIpc) is 3.38. The number of aliphatic carboxylic acids is 1. The molecule has 0 radical (unpaired) electrons. The maximum atomic E-state index is 13.3. The van der Waals surface area contributed by atoms with Crippen molar-refractivity contribution in [1.29, 1.82) is 0 Å². The highest BCUT2D eigenvalue weighted by atomic mass is 16.6. The van der Waals surface area contributed by atoms with E-state index < -0.39 is 29.9 Å². The number of hydrogen-bond donors (Lipinski definition) is 3. The van der Waals surface area contributed by atoms with Crippen molar-refractivity contribution in [2.24, 2.45) is 5.92 Å². The molecule has 13 nitrogen and oxygen atoms in total. The fourth-order valence-electron chi connectivity index (χ4n) is 3.91. The van der Waals surface area contributed by atoms with Crippen LogP contribution >= 0.6 is 0 Å². The minimum atomic E-state index is -1.11. The minimum Gasteiger partial charge on any atom is -0.481 e. The van der Waals surface area contributed by atoms with E-state index in [9.17, 15) is 29.4 Å². The Balaban J connectivity index is 1.76. The highest BCUT2D eigenvalue weighted by Gasteiger charge is 2.31. The van der Waals surface area contributed by atoms with E-state index in [1.165, 1.54) is 20.5 Å².